The van der Waals surface area contributed by atoms with Gasteiger partial charge in [-0.15, -0.1) is 0 Å². The highest BCUT2D eigenvalue weighted by molar-refractivity contribution is 6.09. The molecule has 0 amide bonds. The molecule has 3 heteroatoms. The zero-order chi connectivity index (χ0) is 31.4. The van der Waals surface area contributed by atoms with Gasteiger partial charge in [0.25, 0.3) is 0 Å². The van der Waals surface area contributed by atoms with Crippen molar-refractivity contribution in [3.63, 3.8) is 0 Å². The van der Waals surface area contributed by atoms with E-state index in [-0.39, 0.29) is 0 Å². The molecule has 3 nitrogen and oxygen atoms in total. The molecule has 0 fully saturated rings. The van der Waals surface area contributed by atoms with Crippen molar-refractivity contribution >= 4 is 21.8 Å². The van der Waals surface area contributed by atoms with Gasteiger partial charge in [-0.1, -0.05) is 115 Å². The summed E-state index contributed by atoms with van der Waals surface area (Å²) in [6.45, 7) is 9.15. The number of hydrogen-bond donors (Lipinski definition) is 0. The molecular weight excluding hydrogens is 558 g/mol. The predicted molar refractivity (Wildman–Crippen MR) is 193 cm³/mol. The van der Waals surface area contributed by atoms with Gasteiger partial charge >= 0.3 is 0 Å². The third kappa shape index (κ3) is 4.23. The fraction of sp³-hybridized carbons (Fsp3) is 0.0930. The quantitative estimate of drug-likeness (QED) is 0.195. The van der Waals surface area contributed by atoms with E-state index in [1.54, 1.807) is 0 Å². The van der Waals surface area contributed by atoms with E-state index in [0.29, 0.717) is 0 Å². The third-order valence-corrected chi connectivity index (χ3v) is 9.62. The van der Waals surface area contributed by atoms with Crippen molar-refractivity contribution in [3.05, 3.63) is 162 Å². The zero-order valence-electron chi connectivity index (χ0n) is 26.6. The molecule has 0 N–H and O–H groups in total. The Bertz CT molecular complexity index is 2290. The monoisotopic (exact) mass is 593 g/mol. The molecular formula is C43H35N3. The van der Waals surface area contributed by atoms with Crippen molar-refractivity contribution in [1.29, 1.82) is 0 Å². The van der Waals surface area contributed by atoms with Gasteiger partial charge in [-0.25, -0.2) is 4.68 Å². The molecule has 0 saturated heterocycles. The summed E-state index contributed by atoms with van der Waals surface area (Å²) in [5.74, 6) is 0. The van der Waals surface area contributed by atoms with E-state index in [1.807, 2.05) is 0 Å². The maximum absolute atomic E-state index is 5.41. The van der Waals surface area contributed by atoms with Crippen molar-refractivity contribution in [1.82, 2.24) is 14.3 Å². The molecule has 0 aliphatic carbocycles. The topological polar surface area (TPSA) is 22.8 Å². The summed E-state index contributed by atoms with van der Waals surface area (Å²) >= 11 is 0. The number of nitrogens with zero attached hydrogens (tertiary/aromatic N) is 3. The average molecular weight is 594 g/mol. The van der Waals surface area contributed by atoms with E-state index in [4.69, 9.17) is 5.10 Å². The lowest BCUT2D eigenvalue weighted by Crippen LogP contribution is -2.07. The summed E-state index contributed by atoms with van der Waals surface area (Å²) in [5.41, 5.74) is 16.6. The third-order valence-electron chi connectivity index (χ3n) is 9.62. The molecule has 0 spiro atoms. The predicted octanol–water partition coefficient (Wildman–Crippen LogP) is 11.2. The van der Waals surface area contributed by atoms with Crippen LogP contribution < -0.4 is 0 Å². The fourth-order valence-corrected chi connectivity index (χ4v) is 7.24. The largest absolute Gasteiger partial charge is 0.309 e. The standard InChI is InChI=1S/C43H35N3/c1-28-30(3)42(45-37-26-16-14-24-35(37)36-25-15-17-27-38(36)45)31(4)29(2)39(28)40-41(32-18-8-5-9-19-32)44-46(34-22-12-7-13-23-34)43(40)33-20-10-6-11-21-33/h5-27H,1-4H3. The molecule has 0 aliphatic rings. The number of hydrogen-bond acceptors (Lipinski definition) is 1. The first-order valence-corrected chi connectivity index (χ1v) is 15.9. The first-order valence-electron chi connectivity index (χ1n) is 15.9. The number of benzene rings is 6. The van der Waals surface area contributed by atoms with Crippen LogP contribution in [0.5, 0.6) is 0 Å². The maximum atomic E-state index is 5.41. The summed E-state index contributed by atoms with van der Waals surface area (Å²) in [6, 6.07) is 49.4. The minimum Gasteiger partial charge on any atom is -0.309 e. The van der Waals surface area contributed by atoms with Crippen molar-refractivity contribution in [2.45, 2.75) is 27.7 Å². The summed E-state index contributed by atoms with van der Waals surface area (Å²) in [6.07, 6.45) is 0. The Morgan fingerprint density at radius 1 is 0.435 bits per heavy atom. The SMILES string of the molecule is Cc1c(C)c(-n2c3ccccc3c3ccccc32)c(C)c(C)c1-c1c(-c2ccccc2)nn(-c2ccccc2)c1-c1ccccc1. The van der Waals surface area contributed by atoms with E-state index in [1.165, 1.54) is 55.3 Å². The number of para-hydroxylation sites is 3. The van der Waals surface area contributed by atoms with Gasteiger partial charge < -0.3 is 4.57 Å². The Morgan fingerprint density at radius 3 is 1.43 bits per heavy atom. The maximum Gasteiger partial charge on any atom is 0.101 e. The first-order chi connectivity index (χ1) is 22.5. The molecule has 2 heterocycles. The van der Waals surface area contributed by atoms with Crippen LogP contribution in [0.15, 0.2) is 140 Å². The second-order valence-corrected chi connectivity index (χ2v) is 12.1. The summed E-state index contributed by atoms with van der Waals surface area (Å²) in [5, 5.41) is 7.96. The Labute approximate surface area is 270 Å². The van der Waals surface area contributed by atoms with Crippen LogP contribution in [0.1, 0.15) is 22.3 Å². The molecule has 222 valence electrons. The smallest absolute Gasteiger partial charge is 0.101 e. The van der Waals surface area contributed by atoms with E-state index < -0.39 is 0 Å². The molecule has 0 radical (unpaired) electrons. The molecule has 0 saturated carbocycles. The zero-order valence-corrected chi connectivity index (χ0v) is 26.6. The number of aromatic nitrogens is 3. The molecule has 6 aromatic carbocycles. The van der Waals surface area contributed by atoms with Crippen LogP contribution in [-0.4, -0.2) is 14.3 Å². The fourth-order valence-electron chi connectivity index (χ4n) is 7.24. The second-order valence-electron chi connectivity index (χ2n) is 12.1. The van der Waals surface area contributed by atoms with Crippen LogP contribution in [0.25, 0.3) is 66.8 Å². The summed E-state index contributed by atoms with van der Waals surface area (Å²) < 4.78 is 4.61. The van der Waals surface area contributed by atoms with Crippen LogP contribution in [0.4, 0.5) is 0 Å². The van der Waals surface area contributed by atoms with Gasteiger partial charge in [0, 0.05) is 27.5 Å². The highest BCUT2D eigenvalue weighted by atomic mass is 15.3. The van der Waals surface area contributed by atoms with E-state index in [9.17, 15) is 0 Å². The number of rotatable bonds is 5. The number of fused-ring (bicyclic) bond motifs is 3. The molecule has 0 bridgehead atoms. The minimum absolute atomic E-state index is 0.984. The van der Waals surface area contributed by atoms with Crippen molar-refractivity contribution in [2.75, 3.05) is 0 Å². The lowest BCUT2D eigenvalue weighted by Gasteiger charge is -2.23. The van der Waals surface area contributed by atoms with E-state index in [0.717, 1.165) is 33.8 Å². The van der Waals surface area contributed by atoms with Gasteiger partial charge in [-0.2, -0.15) is 5.10 Å². The molecule has 0 aliphatic heterocycles. The van der Waals surface area contributed by atoms with Gasteiger partial charge in [0.1, 0.15) is 5.69 Å². The lowest BCUT2D eigenvalue weighted by atomic mass is 9.85. The van der Waals surface area contributed by atoms with Gasteiger partial charge in [0.2, 0.25) is 0 Å². The normalized spacial score (nSPS) is 11.5. The van der Waals surface area contributed by atoms with Crippen LogP contribution in [0.3, 0.4) is 0 Å². The molecule has 8 rings (SSSR count). The summed E-state index contributed by atoms with van der Waals surface area (Å²) in [7, 11) is 0. The highest BCUT2D eigenvalue weighted by Crippen LogP contribution is 2.47. The Hall–Kier alpha value is -5.67. The van der Waals surface area contributed by atoms with Crippen molar-refractivity contribution < 1.29 is 0 Å². The van der Waals surface area contributed by atoms with Crippen LogP contribution >= 0.6 is 0 Å². The minimum atomic E-state index is 0.984. The lowest BCUT2D eigenvalue weighted by molar-refractivity contribution is 0.892. The van der Waals surface area contributed by atoms with Crippen LogP contribution in [0, 0.1) is 27.7 Å². The van der Waals surface area contributed by atoms with Gasteiger partial charge in [-0.3, -0.25) is 0 Å². The van der Waals surface area contributed by atoms with Gasteiger partial charge in [-0.05, 0) is 79.8 Å². The average Bonchev–Trinajstić information content (AvgIpc) is 3.66. The molecule has 2 aromatic heterocycles. The van der Waals surface area contributed by atoms with Crippen LogP contribution in [-0.2, 0) is 0 Å². The Balaban J connectivity index is 1.50. The second kappa shape index (κ2) is 11.0. The van der Waals surface area contributed by atoms with Crippen molar-refractivity contribution in [2.24, 2.45) is 0 Å². The first kappa shape index (κ1) is 27.8. The summed E-state index contributed by atoms with van der Waals surface area (Å²) in [4.78, 5) is 0. The van der Waals surface area contributed by atoms with E-state index in [2.05, 4.69) is 176 Å². The van der Waals surface area contributed by atoms with E-state index >= 15 is 0 Å². The molecule has 0 unspecified atom stereocenters. The van der Waals surface area contributed by atoms with Crippen LogP contribution in [0.2, 0.25) is 0 Å². The van der Waals surface area contributed by atoms with Gasteiger partial charge in [0.05, 0.1) is 28.1 Å². The molecule has 0 atom stereocenters. The highest BCUT2D eigenvalue weighted by Gasteiger charge is 2.28. The Kier molecular flexibility index (Phi) is 6.69. The molecule has 8 aromatic rings. The Morgan fingerprint density at radius 2 is 0.891 bits per heavy atom. The van der Waals surface area contributed by atoms with Gasteiger partial charge in [0.15, 0.2) is 0 Å². The molecule has 46 heavy (non-hydrogen) atoms. The van der Waals surface area contributed by atoms with Crippen molar-refractivity contribution in [3.8, 4) is 45.0 Å².